The van der Waals surface area contributed by atoms with E-state index in [0.29, 0.717) is 5.82 Å². The summed E-state index contributed by atoms with van der Waals surface area (Å²) < 4.78 is 0. The highest BCUT2D eigenvalue weighted by Gasteiger charge is 2.16. The Bertz CT molecular complexity index is 535. The molecule has 1 aromatic heterocycles. The number of rotatable bonds is 3. The molecule has 0 aliphatic heterocycles. The maximum atomic E-state index is 10.9. The molecule has 1 amide bonds. The lowest BCUT2D eigenvalue weighted by molar-refractivity contribution is -0.114. The molecule has 0 aliphatic rings. The van der Waals surface area contributed by atoms with Crippen LogP contribution in [0.5, 0.6) is 0 Å². The first kappa shape index (κ1) is 12.8. The van der Waals surface area contributed by atoms with Crippen LogP contribution in [0.15, 0.2) is 11.8 Å². The SMILES string of the molecule is N#CC(C(N)=O)=C(O)c1cnc(CS)nc1N. The van der Waals surface area contributed by atoms with Gasteiger partial charge in [-0.25, -0.2) is 9.97 Å². The minimum absolute atomic E-state index is 0.0223. The molecule has 0 atom stereocenters. The van der Waals surface area contributed by atoms with E-state index in [2.05, 4.69) is 22.6 Å². The Hall–Kier alpha value is -2.27. The molecule has 0 bridgehead atoms. The van der Waals surface area contributed by atoms with Crippen LogP contribution in [0.3, 0.4) is 0 Å². The summed E-state index contributed by atoms with van der Waals surface area (Å²) in [6, 6.07) is 1.48. The lowest BCUT2D eigenvalue weighted by atomic mass is 10.1. The van der Waals surface area contributed by atoms with Crippen LogP contribution in [0.25, 0.3) is 5.76 Å². The number of aliphatic hydroxyl groups excluding tert-OH is 1. The van der Waals surface area contributed by atoms with Crippen LogP contribution in [0.1, 0.15) is 11.4 Å². The molecule has 17 heavy (non-hydrogen) atoms. The second kappa shape index (κ2) is 5.18. The Morgan fingerprint density at radius 3 is 2.71 bits per heavy atom. The quantitative estimate of drug-likeness (QED) is 0.253. The van der Waals surface area contributed by atoms with Crippen LogP contribution >= 0.6 is 12.6 Å². The fourth-order valence-corrected chi connectivity index (χ4v) is 1.20. The number of aliphatic hydroxyl groups is 1. The topological polar surface area (TPSA) is 139 Å². The first-order valence-electron chi connectivity index (χ1n) is 4.37. The van der Waals surface area contributed by atoms with Gasteiger partial charge in [-0.1, -0.05) is 0 Å². The van der Waals surface area contributed by atoms with E-state index < -0.39 is 17.2 Å². The molecular weight excluding hydrogens is 242 g/mol. The highest BCUT2D eigenvalue weighted by molar-refractivity contribution is 7.79. The highest BCUT2D eigenvalue weighted by Crippen LogP contribution is 2.20. The molecule has 5 N–H and O–H groups in total. The summed E-state index contributed by atoms with van der Waals surface area (Å²) in [5.74, 6) is -1.11. The molecule has 1 rings (SSSR count). The Morgan fingerprint density at radius 2 is 2.29 bits per heavy atom. The molecule has 1 heterocycles. The normalized spacial score (nSPS) is 11.5. The summed E-state index contributed by atoms with van der Waals surface area (Å²) in [6.45, 7) is 0. The molecule has 0 saturated heterocycles. The number of anilines is 1. The van der Waals surface area contributed by atoms with Gasteiger partial charge in [0.05, 0.1) is 11.3 Å². The van der Waals surface area contributed by atoms with Gasteiger partial charge in [-0.2, -0.15) is 17.9 Å². The number of thiol groups is 1. The van der Waals surface area contributed by atoms with Crippen LogP contribution in [0.4, 0.5) is 5.82 Å². The number of aromatic nitrogens is 2. The summed E-state index contributed by atoms with van der Waals surface area (Å²) in [5.41, 5.74) is 9.85. The van der Waals surface area contributed by atoms with Crippen molar-refractivity contribution in [2.24, 2.45) is 5.73 Å². The minimum atomic E-state index is -1.05. The van der Waals surface area contributed by atoms with Crippen molar-refractivity contribution in [2.45, 2.75) is 5.75 Å². The molecule has 88 valence electrons. The van der Waals surface area contributed by atoms with Crippen molar-refractivity contribution < 1.29 is 9.90 Å². The van der Waals surface area contributed by atoms with E-state index in [-0.39, 0.29) is 17.1 Å². The van der Waals surface area contributed by atoms with Gasteiger partial charge in [0.15, 0.2) is 11.3 Å². The number of carbonyl (C=O) groups excluding carboxylic acids is 1. The lowest BCUT2D eigenvalue weighted by Gasteiger charge is -2.05. The van der Waals surface area contributed by atoms with Crippen molar-refractivity contribution in [1.29, 1.82) is 5.26 Å². The number of nitriles is 1. The highest BCUT2D eigenvalue weighted by atomic mass is 32.1. The third-order valence-corrected chi connectivity index (χ3v) is 2.14. The van der Waals surface area contributed by atoms with E-state index in [4.69, 9.17) is 16.7 Å². The van der Waals surface area contributed by atoms with Gasteiger partial charge in [0.1, 0.15) is 17.7 Å². The number of nitrogens with zero attached hydrogens (tertiary/aromatic N) is 3. The summed E-state index contributed by atoms with van der Waals surface area (Å²) in [6.07, 6.45) is 1.20. The predicted octanol–water partition coefficient (Wildman–Crippen LogP) is -0.233. The number of amides is 1. The molecule has 0 aromatic carbocycles. The zero-order valence-corrected chi connectivity index (χ0v) is 9.48. The van der Waals surface area contributed by atoms with E-state index in [1.807, 2.05) is 0 Å². The number of primary amides is 1. The summed E-state index contributed by atoms with van der Waals surface area (Å²) in [5, 5.41) is 18.3. The smallest absolute Gasteiger partial charge is 0.263 e. The molecular formula is C9H9N5O2S. The summed E-state index contributed by atoms with van der Waals surface area (Å²) in [7, 11) is 0. The van der Waals surface area contributed by atoms with Gasteiger partial charge in [-0.05, 0) is 0 Å². The fraction of sp³-hybridized carbons (Fsp3) is 0.111. The molecule has 0 radical (unpaired) electrons. The number of nitrogens with two attached hydrogens (primary N) is 2. The fourth-order valence-electron chi connectivity index (χ4n) is 1.05. The average molecular weight is 251 g/mol. The van der Waals surface area contributed by atoms with Gasteiger partial charge < -0.3 is 16.6 Å². The van der Waals surface area contributed by atoms with Crippen molar-refractivity contribution >= 4 is 30.1 Å². The molecule has 0 saturated carbocycles. The van der Waals surface area contributed by atoms with Gasteiger partial charge in [0.2, 0.25) is 0 Å². The largest absolute Gasteiger partial charge is 0.506 e. The van der Waals surface area contributed by atoms with E-state index in [1.165, 1.54) is 12.3 Å². The maximum absolute atomic E-state index is 10.9. The number of nitrogen functional groups attached to an aromatic ring is 1. The number of hydrogen-bond donors (Lipinski definition) is 4. The van der Waals surface area contributed by atoms with Gasteiger partial charge in [0.25, 0.3) is 5.91 Å². The van der Waals surface area contributed by atoms with Crippen molar-refractivity contribution in [3.8, 4) is 6.07 Å². The van der Waals surface area contributed by atoms with Gasteiger partial charge in [-0.15, -0.1) is 0 Å². The standard InChI is InChI=1S/C9H9N5O2S/c10-1-4(9(12)16)7(15)5-2-13-6(3-17)14-8(5)11/h2,15,17H,3H2,(H2,12,16)(H2,11,13,14). The molecule has 1 aromatic rings. The van der Waals surface area contributed by atoms with Gasteiger partial charge in [0, 0.05) is 6.20 Å². The molecule has 0 aliphatic carbocycles. The predicted molar refractivity (Wildman–Crippen MR) is 63.5 cm³/mol. The lowest BCUT2D eigenvalue weighted by Crippen LogP contribution is -2.15. The van der Waals surface area contributed by atoms with Crippen molar-refractivity contribution in [3.63, 3.8) is 0 Å². The Labute approximate surface area is 102 Å². The van der Waals surface area contributed by atoms with E-state index in [0.717, 1.165) is 0 Å². The second-order valence-electron chi connectivity index (χ2n) is 2.94. The van der Waals surface area contributed by atoms with Crippen LogP contribution in [0.2, 0.25) is 0 Å². The minimum Gasteiger partial charge on any atom is -0.506 e. The van der Waals surface area contributed by atoms with Crippen LogP contribution in [-0.2, 0) is 10.5 Å². The van der Waals surface area contributed by atoms with Crippen LogP contribution in [0, 0.1) is 11.3 Å². The molecule has 7 nitrogen and oxygen atoms in total. The molecule has 0 unspecified atom stereocenters. The maximum Gasteiger partial charge on any atom is 0.263 e. The third-order valence-electron chi connectivity index (χ3n) is 1.86. The van der Waals surface area contributed by atoms with Crippen LogP contribution in [-0.4, -0.2) is 21.0 Å². The molecule has 8 heteroatoms. The Balaban J connectivity index is 3.35. The number of hydrogen-bond acceptors (Lipinski definition) is 7. The first-order valence-corrected chi connectivity index (χ1v) is 5.00. The average Bonchev–Trinajstić information content (AvgIpc) is 2.28. The summed E-state index contributed by atoms with van der Waals surface area (Å²) >= 11 is 3.95. The number of carbonyl (C=O) groups is 1. The van der Waals surface area contributed by atoms with E-state index in [1.54, 1.807) is 0 Å². The van der Waals surface area contributed by atoms with Gasteiger partial charge in [-0.3, -0.25) is 4.79 Å². The van der Waals surface area contributed by atoms with E-state index in [9.17, 15) is 9.90 Å². The first-order chi connectivity index (χ1) is 8.01. The zero-order valence-electron chi connectivity index (χ0n) is 8.58. The Kier molecular flexibility index (Phi) is 3.90. The van der Waals surface area contributed by atoms with Crippen molar-refractivity contribution in [3.05, 3.63) is 23.2 Å². The second-order valence-corrected chi connectivity index (χ2v) is 3.26. The monoisotopic (exact) mass is 251 g/mol. The van der Waals surface area contributed by atoms with E-state index >= 15 is 0 Å². The third kappa shape index (κ3) is 2.64. The van der Waals surface area contributed by atoms with Crippen LogP contribution < -0.4 is 11.5 Å². The van der Waals surface area contributed by atoms with Crippen molar-refractivity contribution in [2.75, 3.05) is 5.73 Å². The summed E-state index contributed by atoms with van der Waals surface area (Å²) in [4.78, 5) is 18.5. The Morgan fingerprint density at radius 1 is 1.65 bits per heavy atom. The molecule has 0 spiro atoms. The zero-order chi connectivity index (χ0) is 13.0. The molecule has 0 fully saturated rings. The van der Waals surface area contributed by atoms with Gasteiger partial charge >= 0.3 is 0 Å². The van der Waals surface area contributed by atoms with Crippen molar-refractivity contribution in [1.82, 2.24) is 9.97 Å².